The van der Waals surface area contributed by atoms with Crippen molar-refractivity contribution >= 4 is 22.8 Å². The monoisotopic (exact) mass is 566 g/mol. The highest BCUT2D eigenvalue weighted by Gasteiger charge is 2.32. The van der Waals surface area contributed by atoms with Crippen LogP contribution in [0.25, 0.3) is 21.9 Å². The molecule has 1 N–H and O–H groups in total. The van der Waals surface area contributed by atoms with Crippen LogP contribution in [0.15, 0.2) is 41.2 Å². The molecule has 1 aliphatic rings. The standard InChI is InChI=1S/C31H38N2O8/c1-31(2,3)41-30(36)32-19-12-14-20(15-13-19)33-26(29(35)40-7)25(21-10-8-9-11-22(21)28(33)34)18-16-23(37-4)27(39-6)24(17-18)38-5/h8-11,16-17,19-20H,12-15H2,1-7H3,(H,32,36)/t19-,20+. The lowest BCUT2D eigenvalue weighted by Crippen LogP contribution is -2.42. The maximum Gasteiger partial charge on any atom is 0.407 e. The molecule has 10 heteroatoms. The number of ether oxygens (including phenoxy) is 5. The molecule has 1 amide bonds. The molecule has 3 aromatic rings. The summed E-state index contributed by atoms with van der Waals surface area (Å²) in [5, 5.41) is 4.00. The highest BCUT2D eigenvalue weighted by Crippen LogP contribution is 2.44. The van der Waals surface area contributed by atoms with E-state index in [2.05, 4.69) is 5.32 Å². The third-order valence-electron chi connectivity index (χ3n) is 7.24. The van der Waals surface area contributed by atoms with Gasteiger partial charge in [-0.05, 0) is 75.6 Å². The zero-order chi connectivity index (χ0) is 29.9. The molecule has 4 rings (SSSR count). The number of carbonyl (C=O) groups excluding carboxylic acids is 2. The van der Waals surface area contributed by atoms with Gasteiger partial charge in [0.15, 0.2) is 11.5 Å². The van der Waals surface area contributed by atoms with Gasteiger partial charge in [-0.25, -0.2) is 9.59 Å². The zero-order valence-electron chi connectivity index (χ0n) is 24.7. The second kappa shape index (κ2) is 12.1. The number of methoxy groups -OCH3 is 4. The number of benzene rings is 2. The first-order valence-corrected chi connectivity index (χ1v) is 13.6. The normalized spacial score (nSPS) is 17.0. The van der Waals surface area contributed by atoms with Crippen molar-refractivity contribution in [1.29, 1.82) is 0 Å². The average Bonchev–Trinajstić information content (AvgIpc) is 2.95. The van der Waals surface area contributed by atoms with E-state index in [0.29, 0.717) is 64.8 Å². The zero-order valence-corrected chi connectivity index (χ0v) is 24.7. The fraction of sp³-hybridized carbons (Fsp3) is 0.452. The summed E-state index contributed by atoms with van der Waals surface area (Å²) in [6.07, 6.45) is 1.89. The number of nitrogens with one attached hydrogen (secondary N) is 1. The third kappa shape index (κ3) is 6.11. The largest absolute Gasteiger partial charge is 0.493 e. The molecule has 41 heavy (non-hydrogen) atoms. The summed E-state index contributed by atoms with van der Waals surface area (Å²) in [7, 11) is 5.85. The lowest BCUT2D eigenvalue weighted by Gasteiger charge is -2.32. The predicted molar refractivity (Wildman–Crippen MR) is 155 cm³/mol. The first-order chi connectivity index (χ1) is 19.5. The van der Waals surface area contributed by atoms with Gasteiger partial charge in [-0.15, -0.1) is 0 Å². The molecule has 0 aliphatic heterocycles. The van der Waals surface area contributed by atoms with Crippen LogP contribution in [0.2, 0.25) is 0 Å². The van der Waals surface area contributed by atoms with Crippen LogP contribution in [-0.2, 0) is 9.47 Å². The van der Waals surface area contributed by atoms with Gasteiger partial charge in [-0.2, -0.15) is 0 Å². The Morgan fingerprint density at radius 2 is 1.46 bits per heavy atom. The molecule has 2 aromatic carbocycles. The van der Waals surface area contributed by atoms with Crippen molar-refractivity contribution in [3.63, 3.8) is 0 Å². The number of aromatic nitrogens is 1. The topological polar surface area (TPSA) is 114 Å². The Hall–Kier alpha value is -4.21. The van der Waals surface area contributed by atoms with E-state index in [0.717, 1.165) is 0 Å². The van der Waals surface area contributed by atoms with Gasteiger partial charge in [0.05, 0.1) is 28.4 Å². The number of pyridine rings is 1. The summed E-state index contributed by atoms with van der Waals surface area (Å²) in [5.74, 6) is 0.596. The van der Waals surface area contributed by atoms with Crippen LogP contribution < -0.4 is 25.1 Å². The van der Waals surface area contributed by atoms with Crippen molar-refractivity contribution in [1.82, 2.24) is 9.88 Å². The SMILES string of the molecule is COC(=O)c1c(-c2cc(OC)c(OC)c(OC)c2)c2ccccc2c(=O)n1[C@H]1CC[C@@H](NC(=O)OC(C)(C)C)CC1. The van der Waals surface area contributed by atoms with Crippen molar-refractivity contribution in [2.45, 2.75) is 64.1 Å². The molecule has 1 aliphatic carbocycles. The van der Waals surface area contributed by atoms with Crippen LogP contribution in [0.4, 0.5) is 4.79 Å². The van der Waals surface area contributed by atoms with Crippen molar-refractivity contribution in [2.24, 2.45) is 0 Å². The highest BCUT2D eigenvalue weighted by atomic mass is 16.6. The molecule has 0 atom stereocenters. The molecule has 0 spiro atoms. The van der Waals surface area contributed by atoms with Crippen LogP contribution in [0.5, 0.6) is 17.2 Å². The number of carbonyl (C=O) groups is 2. The molecule has 0 radical (unpaired) electrons. The summed E-state index contributed by atoms with van der Waals surface area (Å²) >= 11 is 0. The van der Waals surface area contributed by atoms with Crippen molar-refractivity contribution in [3.05, 3.63) is 52.4 Å². The molecule has 0 bridgehead atoms. The number of rotatable bonds is 7. The third-order valence-corrected chi connectivity index (χ3v) is 7.24. The fourth-order valence-electron chi connectivity index (χ4n) is 5.48. The van der Waals surface area contributed by atoms with E-state index < -0.39 is 17.7 Å². The number of amides is 1. The number of fused-ring (bicyclic) bond motifs is 1. The van der Waals surface area contributed by atoms with Crippen LogP contribution >= 0.6 is 0 Å². The highest BCUT2D eigenvalue weighted by molar-refractivity contribution is 6.07. The minimum Gasteiger partial charge on any atom is -0.493 e. The Bertz CT molecular complexity index is 1470. The first kappa shape index (κ1) is 29.8. The van der Waals surface area contributed by atoms with E-state index >= 15 is 0 Å². The van der Waals surface area contributed by atoms with Gasteiger partial charge in [0.1, 0.15) is 11.3 Å². The first-order valence-electron chi connectivity index (χ1n) is 13.6. The van der Waals surface area contributed by atoms with Gasteiger partial charge in [-0.1, -0.05) is 18.2 Å². The number of hydrogen-bond donors (Lipinski definition) is 1. The molecule has 1 fully saturated rings. The fourth-order valence-corrected chi connectivity index (χ4v) is 5.48. The Balaban J connectivity index is 1.86. The van der Waals surface area contributed by atoms with E-state index in [-0.39, 0.29) is 23.3 Å². The van der Waals surface area contributed by atoms with Crippen molar-refractivity contribution in [2.75, 3.05) is 28.4 Å². The van der Waals surface area contributed by atoms with E-state index in [4.69, 9.17) is 23.7 Å². The quantitative estimate of drug-likeness (QED) is 0.374. The molecule has 1 saturated carbocycles. The molecule has 220 valence electrons. The van der Waals surface area contributed by atoms with E-state index in [9.17, 15) is 14.4 Å². The molecule has 1 aromatic heterocycles. The molecular weight excluding hydrogens is 528 g/mol. The Labute approximate surface area is 239 Å². The van der Waals surface area contributed by atoms with Crippen molar-refractivity contribution < 1.29 is 33.3 Å². The summed E-state index contributed by atoms with van der Waals surface area (Å²) in [4.78, 5) is 39.8. The smallest absolute Gasteiger partial charge is 0.407 e. The number of alkyl carbamates (subject to hydrolysis) is 1. The lowest BCUT2D eigenvalue weighted by atomic mass is 9.89. The van der Waals surface area contributed by atoms with Crippen molar-refractivity contribution in [3.8, 4) is 28.4 Å². The van der Waals surface area contributed by atoms with Gasteiger partial charge >= 0.3 is 12.1 Å². The van der Waals surface area contributed by atoms with Crippen LogP contribution in [0.1, 0.15) is 63.0 Å². The van der Waals surface area contributed by atoms with E-state index in [1.54, 1.807) is 28.8 Å². The van der Waals surface area contributed by atoms with Gasteiger partial charge in [0.25, 0.3) is 5.56 Å². The van der Waals surface area contributed by atoms with Gasteiger partial charge in [-0.3, -0.25) is 9.36 Å². The molecule has 0 unspecified atom stereocenters. The Morgan fingerprint density at radius 1 is 0.878 bits per heavy atom. The number of hydrogen-bond acceptors (Lipinski definition) is 8. The van der Waals surface area contributed by atoms with Gasteiger partial charge < -0.3 is 29.0 Å². The summed E-state index contributed by atoms with van der Waals surface area (Å²) in [6.45, 7) is 5.45. The number of esters is 1. The number of nitrogens with zero attached hydrogens (tertiary/aromatic N) is 1. The van der Waals surface area contributed by atoms with Crippen LogP contribution in [0.3, 0.4) is 0 Å². The second-order valence-corrected chi connectivity index (χ2v) is 11.0. The Morgan fingerprint density at radius 3 is 1.98 bits per heavy atom. The van der Waals surface area contributed by atoms with E-state index in [1.165, 1.54) is 28.4 Å². The molecule has 10 nitrogen and oxygen atoms in total. The minimum atomic E-state index is -0.634. The Kier molecular flexibility index (Phi) is 8.80. The second-order valence-electron chi connectivity index (χ2n) is 11.0. The van der Waals surface area contributed by atoms with Gasteiger partial charge in [0.2, 0.25) is 5.75 Å². The molecule has 0 saturated heterocycles. The molecule has 1 heterocycles. The van der Waals surface area contributed by atoms with E-state index in [1.807, 2.05) is 32.9 Å². The predicted octanol–water partition coefficient (Wildman–Crippen LogP) is 5.49. The van der Waals surface area contributed by atoms with Gasteiger partial charge in [0, 0.05) is 23.0 Å². The summed E-state index contributed by atoms with van der Waals surface area (Å²) < 4.78 is 28.9. The minimum absolute atomic E-state index is 0.103. The maximum atomic E-state index is 14.0. The van der Waals surface area contributed by atoms with Crippen LogP contribution in [0, 0.1) is 0 Å². The van der Waals surface area contributed by atoms with Crippen LogP contribution in [-0.4, -0.2) is 56.7 Å². The maximum absolute atomic E-state index is 14.0. The average molecular weight is 567 g/mol. The summed E-state index contributed by atoms with van der Waals surface area (Å²) in [5.41, 5.74) is 0.401. The molecular formula is C31H38N2O8. The lowest BCUT2D eigenvalue weighted by molar-refractivity contribution is 0.0487. The summed E-state index contributed by atoms with van der Waals surface area (Å²) in [6, 6.07) is 10.3.